The molecule has 72 valence electrons. The normalized spacial score (nSPS) is 10.4. The van der Waals surface area contributed by atoms with E-state index in [1.807, 2.05) is 6.92 Å². The fraction of sp³-hybridized carbons (Fsp3) is 0.250. The maximum Gasteiger partial charge on any atom is 0.216 e. The summed E-state index contributed by atoms with van der Waals surface area (Å²) in [5.41, 5.74) is 1.57. The summed E-state index contributed by atoms with van der Waals surface area (Å²) in [6.45, 7) is 1.89. The van der Waals surface area contributed by atoms with Crippen LogP contribution in [0.3, 0.4) is 0 Å². The van der Waals surface area contributed by atoms with Gasteiger partial charge in [-0.3, -0.25) is 14.8 Å². The van der Waals surface area contributed by atoms with Gasteiger partial charge < -0.3 is 0 Å². The summed E-state index contributed by atoms with van der Waals surface area (Å²) in [5.74, 6) is 0.644. The predicted octanol–water partition coefficient (Wildman–Crippen LogP) is 1.24. The van der Waals surface area contributed by atoms with E-state index in [1.165, 1.54) is 0 Å². The maximum atomic E-state index is 4.97. The number of aryl methyl sites for hydroxylation is 2. The molecule has 0 radical (unpaired) electrons. The molecule has 0 unspecified atom stereocenters. The Morgan fingerprint density at radius 1 is 1.36 bits per heavy atom. The number of aromatic amines is 1. The van der Waals surface area contributed by atoms with Crippen LogP contribution in [0.4, 0.5) is 0 Å². The molecule has 2 heterocycles. The molecule has 2 aromatic heterocycles. The number of hydrogen-bond donors (Lipinski definition) is 1. The van der Waals surface area contributed by atoms with Crippen molar-refractivity contribution in [2.24, 2.45) is 7.05 Å². The molecule has 0 saturated heterocycles. The van der Waals surface area contributed by atoms with E-state index in [0.717, 1.165) is 5.69 Å². The molecule has 0 spiro atoms. The second kappa shape index (κ2) is 3.30. The summed E-state index contributed by atoms with van der Waals surface area (Å²) in [7, 11) is 1.81. The van der Waals surface area contributed by atoms with Crippen molar-refractivity contribution in [3.05, 3.63) is 22.9 Å². The molecule has 5 nitrogen and oxygen atoms in total. The minimum absolute atomic E-state index is 0.502. The van der Waals surface area contributed by atoms with E-state index in [4.69, 9.17) is 12.2 Å². The SMILES string of the molecule is Cc1cnc(-c2nc(=S)n(C)[nH]2)cn1. The lowest BCUT2D eigenvalue weighted by Crippen LogP contribution is -1.92. The van der Waals surface area contributed by atoms with Crippen molar-refractivity contribution >= 4 is 12.2 Å². The van der Waals surface area contributed by atoms with Crippen LogP contribution in [-0.2, 0) is 7.05 Å². The molecule has 0 aliphatic rings. The Balaban J connectivity index is 2.49. The average Bonchev–Trinajstić information content (AvgIpc) is 2.48. The maximum absolute atomic E-state index is 4.97. The van der Waals surface area contributed by atoms with Crippen LogP contribution in [0.5, 0.6) is 0 Å². The number of rotatable bonds is 1. The molecular weight excluding hydrogens is 198 g/mol. The second-order valence-electron chi connectivity index (χ2n) is 2.96. The zero-order valence-corrected chi connectivity index (χ0v) is 8.67. The van der Waals surface area contributed by atoms with Gasteiger partial charge in [0.2, 0.25) is 4.77 Å². The molecule has 0 bridgehead atoms. The van der Waals surface area contributed by atoms with Gasteiger partial charge in [0, 0.05) is 13.2 Å². The summed E-state index contributed by atoms with van der Waals surface area (Å²) in [6.07, 6.45) is 3.36. The largest absolute Gasteiger partial charge is 0.278 e. The molecule has 0 saturated carbocycles. The van der Waals surface area contributed by atoms with Gasteiger partial charge in [-0.15, -0.1) is 0 Å². The highest BCUT2D eigenvalue weighted by atomic mass is 32.1. The zero-order chi connectivity index (χ0) is 10.1. The fourth-order valence-corrected chi connectivity index (χ4v) is 1.17. The first-order chi connectivity index (χ1) is 6.66. The lowest BCUT2D eigenvalue weighted by Gasteiger charge is -1.94. The van der Waals surface area contributed by atoms with E-state index >= 15 is 0 Å². The Kier molecular flexibility index (Phi) is 2.12. The van der Waals surface area contributed by atoms with Crippen LogP contribution in [0.15, 0.2) is 12.4 Å². The molecule has 1 N–H and O–H groups in total. The number of nitrogens with one attached hydrogen (secondary N) is 1. The topological polar surface area (TPSA) is 59.4 Å². The first-order valence-electron chi connectivity index (χ1n) is 4.09. The average molecular weight is 207 g/mol. The van der Waals surface area contributed by atoms with Crippen LogP contribution in [-0.4, -0.2) is 24.7 Å². The molecule has 2 rings (SSSR count). The minimum Gasteiger partial charge on any atom is -0.278 e. The highest BCUT2D eigenvalue weighted by Gasteiger charge is 2.03. The van der Waals surface area contributed by atoms with Crippen LogP contribution < -0.4 is 0 Å². The Hall–Kier alpha value is -1.56. The van der Waals surface area contributed by atoms with Crippen molar-refractivity contribution in [3.8, 4) is 11.5 Å². The third-order valence-electron chi connectivity index (χ3n) is 1.79. The molecule has 14 heavy (non-hydrogen) atoms. The zero-order valence-electron chi connectivity index (χ0n) is 7.85. The van der Waals surface area contributed by atoms with Gasteiger partial charge in [0.25, 0.3) is 0 Å². The van der Waals surface area contributed by atoms with Crippen molar-refractivity contribution < 1.29 is 0 Å². The quantitative estimate of drug-likeness (QED) is 0.715. The number of H-pyrrole nitrogens is 1. The van der Waals surface area contributed by atoms with Crippen molar-refractivity contribution in [1.29, 1.82) is 0 Å². The van der Waals surface area contributed by atoms with E-state index in [1.54, 1.807) is 24.1 Å². The first-order valence-corrected chi connectivity index (χ1v) is 4.49. The standard InChI is InChI=1S/C8H9N5S/c1-5-3-10-6(4-9-5)7-11-8(14)13(2)12-7/h3-4H,1-2H3,(H,11,12,14). The highest BCUT2D eigenvalue weighted by Crippen LogP contribution is 2.09. The lowest BCUT2D eigenvalue weighted by molar-refractivity contribution is 0.755. The monoisotopic (exact) mass is 207 g/mol. The highest BCUT2D eigenvalue weighted by molar-refractivity contribution is 7.71. The molecular formula is C8H9N5S. The van der Waals surface area contributed by atoms with Gasteiger partial charge in [-0.1, -0.05) is 0 Å². The van der Waals surface area contributed by atoms with Gasteiger partial charge in [0.1, 0.15) is 5.69 Å². The van der Waals surface area contributed by atoms with Crippen LogP contribution in [0.2, 0.25) is 0 Å². The molecule has 0 atom stereocenters. The molecule has 0 aliphatic carbocycles. The Morgan fingerprint density at radius 2 is 2.14 bits per heavy atom. The van der Waals surface area contributed by atoms with E-state index < -0.39 is 0 Å². The molecule has 6 heteroatoms. The van der Waals surface area contributed by atoms with E-state index in [9.17, 15) is 0 Å². The van der Waals surface area contributed by atoms with Gasteiger partial charge in [-0.2, -0.15) is 4.98 Å². The van der Waals surface area contributed by atoms with Crippen molar-refractivity contribution in [3.63, 3.8) is 0 Å². The van der Waals surface area contributed by atoms with Crippen LogP contribution >= 0.6 is 12.2 Å². The summed E-state index contributed by atoms with van der Waals surface area (Å²) in [4.78, 5) is 12.4. The Labute approximate surface area is 85.8 Å². The van der Waals surface area contributed by atoms with Crippen molar-refractivity contribution in [2.75, 3.05) is 0 Å². The van der Waals surface area contributed by atoms with Gasteiger partial charge in [0.05, 0.1) is 11.9 Å². The third kappa shape index (κ3) is 1.56. The lowest BCUT2D eigenvalue weighted by atomic mass is 10.4. The smallest absolute Gasteiger partial charge is 0.216 e. The van der Waals surface area contributed by atoms with E-state index in [2.05, 4.69) is 20.1 Å². The Bertz CT molecular complexity index is 495. The number of aromatic nitrogens is 5. The molecule has 0 fully saturated rings. The van der Waals surface area contributed by atoms with Crippen LogP contribution in [0.25, 0.3) is 11.5 Å². The fourth-order valence-electron chi connectivity index (χ4n) is 1.03. The summed E-state index contributed by atoms with van der Waals surface area (Å²) >= 11 is 4.97. The van der Waals surface area contributed by atoms with E-state index in [-0.39, 0.29) is 0 Å². The van der Waals surface area contributed by atoms with Crippen LogP contribution in [0, 0.1) is 11.7 Å². The molecule has 0 amide bonds. The summed E-state index contributed by atoms with van der Waals surface area (Å²) < 4.78 is 2.16. The van der Waals surface area contributed by atoms with Gasteiger partial charge >= 0.3 is 0 Å². The summed E-state index contributed by atoms with van der Waals surface area (Å²) in [5, 5.41) is 2.98. The van der Waals surface area contributed by atoms with E-state index in [0.29, 0.717) is 16.3 Å². The van der Waals surface area contributed by atoms with Gasteiger partial charge in [0.15, 0.2) is 5.82 Å². The second-order valence-corrected chi connectivity index (χ2v) is 3.32. The summed E-state index contributed by atoms with van der Waals surface area (Å²) in [6, 6.07) is 0. The predicted molar refractivity (Wildman–Crippen MR) is 54.2 cm³/mol. The number of hydrogen-bond acceptors (Lipinski definition) is 4. The molecule has 0 aromatic carbocycles. The number of nitrogens with zero attached hydrogens (tertiary/aromatic N) is 4. The molecule has 0 aliphatic heterocycles. The minimum atomic E-state index is 0.502. The molecule has 2 aromatic rings. The Morgan fingerprint density at radius 3 is 2.64 bits per heavy atom. The first kappa shape index (κ1) is 9.01. The van der Waals surface area contributed by atoms with Crippen molar-refractivity contribution in [1.82, 2.24) is 24.7 Å². The van der Waals surface area contributed by atoms with Crippen molar-refractivity contribution in [2.45, 2.75) is 6.92 Å². The van der Waals surface area contributed by atoms with Crippen LogP contribution in [0.1, 0.15) is 5.69 Å². The van der Waals surface area contributed by atoms with Gasteiger partial charge in [-0.25, -0.2) is 4.98 Å². The van der Waals surface area contributed by atoms with Gasteiger partial charge in [-0.05, 0) is 19.1 Å². The third-order valence-corrected chi connectivity index (χ3v) is 2.16.